The average molecular weight is 279 g/mol. The quantitative estimate of drug-likeness (QED) is 0.920. The van der Waals surface area contributed by atoms with Crippen LogP contribution < -0.4 is 5.73 Å². The summed E-state index contributed by atoms with van der Waals surface area (Å²) in [5, 5.41) is 0.941. The maximum absolute atomic E-state index is 6.49. The van der Waals surface area contributed by atoms with E-state index in [-0.39, 0.29) is 5.54 Å². The molecule has 2 fully saturated rings. The van der Waals surface area contributed by atoms with Crippen LogP contribution in [0, 0.1) is 0 Å². The number of benzene rings is 1. The molecule has 0 aromatic heterocycles. The highest BCUT2D eigenvalue weighted by molar-refractivity contribution is 6.31. The first kappa shape index (κ1) is 13.4. The van der Waals surface area contributed by atoms with Gasteiger partial charge in [0, 0.05) is 10.6 Å². The van der Waals surface area contributed by atoms with E-state index in [1.54, 1.807) is 0 Å². The summed E-state index contributed by atoms with van der Waals surface area (Å²) in [5.74, 6) is 0.630. The van der Waals surface area contributed by atoms with Crippen LogP contribution in [0.4, 0.5) is 0 Å². The molecule has 0 unspecified atom stereocenters. The SMILES string of the molecule is CN1CCC(c2ccc(CC3(N)CC3)cc2Cl)CC1. The van der Waals surface area contributed by atoms with Crippen molar-refractivity contribution in [3.63, 3.8) is 0 Å². The van der Waals surface area contributed by atoms with Crippen molar-refractivity contribution in [3.8, 4) is 0 Å². The Morgan fingerprint density at radius 2 is 2.00 bits per heavy atom. The molecule has 1 aromatic rings. The summed E-state index contributed by atoms with van der Waals surface area (Å²) in [6.07, 6.45) is 5.72. The summed E-state index contributed by atoms with van der Waals surface area (Å²) < 4.78 is 0. The highest BCUT2D eigenvalue weighted by Crippen LogP contribution is 2.38. The molecule has 104 valence electrons. The van der Waals surface area contributed by atoms with Gasteiger partial charge in [-0.05, 0) is 75.4 Å². The van der Waals surface area contributed by atoms with Crippen molar-refractivity contribution in [1.82, 2.24) is 4.90 Å². The van der Waals surface area contributed by atoms with Crippen molar-refractivity contribution in [2.24, 2.45) is 5.73 Å². The Bertz CT molecular complexity index is 460. The molecule has 19 heavy (non-hydrogen) atoms. The number of nitrogens with two attached hydrogens (primary N) is 1. The van der Waals surface area contributed by atoms with Gasteiger partial charge in [0.15, 0.2) is 0 Å². The van der Waals surface area contributed by atoms with Gasteiger partial charge in [0.05, 0.1) is 0 Å². The van der Waals surface area contributed by atoms with E-state index in [4.69, 9.17) is 17.3 Å². The van der Waals surface area contributed by atoms with E-state index in [0.717, 1.165) is 24.3 Å². The van der Waals surface area contributed by atoms with Gasteiger partial charge in [0.25, 0.3) is 0 Å². The smallest absolute Gasteiger partial charge is 0.0443 e. The molecule has 3 heteroatoms. The maximum atomic E-state index is 6.49. The number of nitrogens with zero attached hydrogens (tertiary/aromatic N) is 1. The van der Waals surface area contributed by atoms with Gasteiger partial charge in [-0.25, -0.2) is 0 Å². The van der Waals surface area contributed by atoms with Gasteiger partial charge >= 0.3 is 0 Å². The Kier molecular flexibility index (Phi) is 3.59. The normalized spacial score (nSPS) is 23.5. The first-order valence-corrected chi connectivity index (χ1v) is 7.69. The third kappa shape index (κ3) is 3.13. The second-order valence-corrected chi connectivity index (χ2v) is 6.88. The Labute approximate surface area is 120 Å². The lowest BCUT2D eigenvalue weighted by molar-refractivity contribution is 0.255. The standard InChI is InChI=1S/C16H23ClN2/c1-19-8-4-13(5-9-19)14-3-2-12(10-15(14)17)11-16(18)6-7-16/h2-3,10,13H,4-9,11,18H2,1H3. The lowest BCUT2D eigenvalue weighted by Gasteiger charge is -2.29. The fourth-order valence-corrected chi connectivity index (χ4v) is 3.43. The molecule has 1 saturated heterocycles. The van der Waals surface area contributed by atoms with Crippen LogP contribution in [0.3, 0.4) is 0 Å². The molecule has 2 aliphatic rings. The average Bonchev–Trinajstić information content (AvgIpc) is 3.08. The number of likely N-dealkylation sites (tertiary alicyclic amines) is 1. The van der Waals surface area contributed by atoms with Gasteiger partial charge < -0.3 is 10.6 Å². The van der Waals surface area contributed by atoms with E-state index in [1.165, 1.54) is 37.1 Å². The molecule has 1 heterocycles. The zero-order valence-electron chi connectivity index (χ0n) is 11.7. The monoisotopic (exact) mass is 278 g/mol. The zero-order chi connectivity index (χ0) is 13.5. The highest BCUT2D eigenvalue weighted by Gasteiger charge is 2.38. The number of hydrogen-bond acceptors (Lipinski definition) is 2. The molecule has 2 N–H and O–H groups in total. The molecule has 1 aliphatic carbocycles. The van der Waals surface area contributed by atoms with Gasteiger partial charge in [-0.3, -0.25) is 0 Å². The molecule has 0 spiro atoms. The molecule has 2 nitrogen and oxygen atoms in total. The second kappa shape index (κ2) is 5.08. The predicted molar refractivity (Wildman–Crippen MR) is 80.8 cm³/mol. The van der Waals surface area contributed by atoms with Crippen molar-refractivity contribution in [2.45, 2.75) is 43.6 Å². The lowest BCUT2D eigenvalue weighted by atomic mass is 9.88. The lowest BCUT2D eigenvalue weighted by Crippen LogP contribution is -2.29. The largest absolute Gasteiger partial charge is 0.325 e. The number of rotatable bonds is 3. The van der Waals surface area contributed by atoms with E-state index < -0.39 is 0 Å². The molecule has 1 saturated carbocycles. The van der Waals surface area contributed by atoms with Gasteiger partial charge in [-0.2, -0.15) is 0 Å². The topological polar surface area (TPSA) is 29.3 Å². The summed E-state index contributed by atoms with van der Waals surface area (Å²) in [6, 6.07) is 6.61. The van der Waals surface area contributed by atoms with Crippen LogP contribution in [-0.2, 0) is 6.42 Å². The molecule has 0 bridgehead atoms. The molecule has 1 aromatic carbocycles. The molecule has 1 aliphatic heterocycles. The molecule has 0 amide bonds. The van der Waals surface area contributed by atoms with Crippen LogP contribution >= 0.6 is 11.6 Å². The van der Waals surface area contributed by atoms with Crippen LogP contribution in [0.25, 0.3) is 0 Å². The van der Waals surface area contributed by atoms with Crippen molar-refractivity contribution < 1.29 is 0 Å². The summed E-state index contributed by atoms with van der Waals surface area (Å²) in [6.45, 7) is 2.35. The number of halogens is 1. The van der Waals surface area contributed by atoms with Crippen LogP contribution in [0.2, 0.25) is 5.02 Å². The first-order chi connectivity index (χ1) is 9.06. The van der Waals surface area contributed by atoms with Crippen LogP contribution in [0.15, 0.2) is 18.2 Å². The molecule has 3 rings (SSSR count). The Balaban J connectivity index is 1.72. The fraction of sp³-hybridized carbons (Fsp3) is 0.625. The predicted octanol–water partition coefficient (Wildman–Crippen LogP) is 3.18. The minimum absolute atomic E-state index is 0.0679. The minimum atomic E-state index is 0.0679. The van der Waals surface area contributed by atoms with Crippen molar-refractivity contribution in [2.75, 3.05) is 20.1 Å². The van der Waals surface area contributed by atoms with E-state index in [0.29, 0.717) is 5.92 Å². The molecular formula is C16H23ClN2. The van der Waals surface area contributed by atoms with Crippen LogP contribution in [0.5, 0.6) is 0 Å². The third-order valence-corrected chi connectivity index (χ3v) is 5.00. The van der Waals surface area contributed by atoms with Gasteiger partial charge in [-0.15, -0.1) is 0 Å². The second-order valence-electron chi connectivity index (χ2n) is 6.47. The van der Waals surface area contributed by atoms with Crippen molar-refractivity contribution >= 4 is 11.6 Å². The summed E-state index contributed by atoms with van der Waals surface area (Å²) in [4.78, 5) is 2.39. The first-order valence-electron chi connectivity index (χ1n) is 7.31. The summed E-state index contributed by atoms with van der Waals surface area (Å²) in [7, 11) is 2.19. The van der Waals surface area contributed by atoms with E-state index in [2.05, 4.69) is 30.1 Å². The fourth-order valence-electron chi connectivity index (χ4n) is 3.08. The zero-order valence-corrected chi connectivity index (χ0v) is 12.4. The summed E-state index contributed by atoms with van der Waals surface area (Å²) in [5.41, 5.74) is 8.87. The van der Waals surface area contributed by atoms with E-state index in [1.807, 2.05) is 0 Å². The molecule has 0 radical (unpaired) electrons. The maximum Gasteiger partial charge on any atom is 0.0443 e. The number of hydrogen-bond donors (Lipinski definition) is 1. The van der Waals surface area contributed by atoms with E-state index >= 15 is 0 Å². The third-order valence-electron chi connectivity index (χ3n) is 4.67. The van der Waals surface area contributed by atoms with Crippen molar-refractivity contribution in [1.29, 1.82) is 0 Å². The minimum Gasteiger partial charge on any atom is -0.325 e. The van der Waals surface area contributed by atoms with Crippen LogP contribution in [-0.4, -0.2) is 30.6 Å². The van der Waals surface area contributed by atoms with Gasteiger partial charge in [-0.1, -0.05) is 23.7 Å². The van der Waals surface area contributed by atoms with Gasteiger partial charge in [0.1, 0.15) is 0 Å². The molecule has 0 atom stereocenters. The Hall–Kier alpha value is -0.570. The summed E-state index contributed by atoms with van der Waals surface area (Å²) >= 11 is 6.49. The van der Waals surface area contributed by atoms with E-state index in [9.17, 15) is 0 Å². The Morgan fingerprint density at radius 3 is 2.58 bits per heavy atom. The van der Waals surface area contributed by atoms with Crippen molar-refractivity contribution in [3.05, 3.63) is 34.3 Å². The van der Waals surface area contributed by atoms with Crippen LogP contribution in [0.1, 0.15) is 42.7 Å². The Morgan fingerprint density at radius 1 is 1.32 bits per heavy atom. The van der Waals surface area contributed by atoms with Gasteiger partial charge in [0.2, 0.25) is 0 Å². The number of piperidine rings is 1. The highest BCUT2D eigenvalue weighted by atomic mass is 35.5. The molecular weight excluding hydrogens is 256 g/mol.